The number of ether oxygens (including phenoxy) is 2. The van der Waals surface area contributed by atoms with Crippen molar-refractivity contribution in [3.63, 3.8) is 0 Å². The van der Waals surface area contributed by atoms with Crippen LogP contribution >= 0.6 is 27.3 Å². The van der Waals surface area contributed by atoms with E-state index >= 15 is 0 Å². The summed E-state index contributed by atoms with van der Waals surface area (Å²) in [5.74, 6) is 1.26. The molecule has 31 heavy (non-hydrogen) atoms. The molecule has 3 rings (SSSR count). The van der Waals surface area contributed by atoms with E-state index in [2.05, 4.69) is 40.1 Å². The van der Waals surface area contributed by atoms with Crippen molar-refractivity contribution in [1.82, 2.24) is 4.98 Å². The molecule has 0 saturated carbocycles. The first-order valence-electron chi connectivity index (χ1n) is 10.5. The highest BCUT2D eigenvalue weighted by molar-refractivity contribution is 9.10. The Morgan fingerprint density at radius 2 is 1.90 bits per heavy atom. The van der Waals surface area contributed by atoms with Crippen LogP contribution < -0.4 is 14.8 Å². The summed E-state index contributed by atoms with van der Waals surface area (Å²) in [6.45, 7) is 4.93. The second-order valence-electron chi connectivity index (χ2n) is 7.12. The molecule has 5 nitrogen and oxygen atoms in total. The molecule has 1 amide bonds. The Labute approximate surface area is 195 Å². The summed E-state index contributed by atoms with van der Waals surface area (Å²) >= 11 is 4.90. The lowest BCUT2D eigenvalue weighted by Gasteiger charge is -2.09. The molecule has 0 atom stereocenters. The van der Waals surface area contributed by atoms with Gasteiger partial charge < -0.3 is 9.47 Å². The van der Waals surface area contributed by atoms with Crippen LogP contribution in [0.1, 0.15) is 38.7 Å². The Hall–Kier alpha value is -2.38. The number of rotatable bonds is 11. The second-order valence-corrected chi connectivity index (χ2v) is 8.83. The zero-order valence-corrected chi connectivity index (χ0v) is 20.2. The van der Waals surface area contributed by atoms with E-state index in [-0.39, 0.29) is 12.5 Å². The number of unbranched alkanes of at least 4 members (excludes halogenated alkanes) is 1. The van der Waals surface area contributed by atoms with Crippen LogP contribution in [-0.2, 0) is 11.2 Å². The SMILES string of the molecule is CCCCOc1ccc(-c2csc(NC(=O)COc3ccc(CCC)cc3Br)n2)cc1. The van der Waals surface area contributed by atoms with Gasteiger partial charge in [-0.1, -0.05) is 32.8 Å². The molecule has 2 aromatic carbocycles. The number of halogens is 1. The number of benzene rings is 2. The lowest BCUT2D eigenvalue weighted by Crippen LogP contribution is -2.20. The van der Waals surface area contributed by atoms with Crippen molar-refractivity contribution in [3.05, 3.63) is 57.9 Å². The number of nitrogens with zero attached hydrogens (tertiary/aromatic N) is 1. The number of hydrogen-bond acceptors (Lipinski definition) is 5. The van der Waals surface area contributed by atoms with Crippen LogP contribution in [0.25, 0.3) is 11.3 Å². The molecule has 164 valence electrons. The van der Waals surface area contributed by atoms with Gasteiger partial charge in [-0.2, -0.15) is 0 Å². The summed E-state index contributed by atoms with van der Waals surface area (Å²) in [5.41, 5.74) is 3.03. The first kappa shape index (κ1) is 23.3. The lowest BCUT2D eigenvalue weighted by atomic mass is 10.1. The van der Waals surface area contributed by atoms with E-state index in [9.17, 15) is 4.79 Å². The largest absolute Gasteiger partial charge is 0.494 e. The van der Waals surface area contributed by atoms with Crippen molar-refractivity contribution in [1.29, 1.82) is 0 Å². The highest BCUT2D eigenvalue weighted by atomic mass is 79.9. The molecule has 0 aliphatic heterocycles. The number of hydrogen-bond donors (Lipinski definition) is 1. The van der Waals surface area contributed by atoms with Gasteiger partial charge in [-0.15, -0.1) is 11.3 Å². The van der Waals surface area contributed by atoms with E-state index in [4.69, 9.17) is 9.47 Å². The Morgan fingerprint density at radius 3 is 2.61 bits per heavy atom. The average molecular weight is 503 g/mol. The van der Waals surface area contributed by atoms with E-state index in [0.29, 0.717) is 10.9 Å². The first-order valence-corrected chi connectivity index (χ1v) is 12.2. The fraction of sp³-hybridized carbons (Fsp3) is 0.333. The highest BCUT2D eigenvalue weighted by Gasteiger charge is 2.10. The topological polar surface area (TPSA) is 60.5 Å². The molecule has 0 aliphatic carbocycles. The molecule has 1 heterocycles. The smallest absolute Gasteiger partial charge is 0.264 e. The van der Waals surface area contributed by atoms with Gasteiger partial charge in [-0.3, -0.25) is 10.1 Å². The standard InChI is InChI=1S/C24H27BrN2O3S/c1-3-5-13-29-19-10-8-18(9-11-19)21-16-31-24(26-21)27-23(28)15-30-22-12-7-17(6-4-2)14-20(22)25/h7-12,14,16H,3-6,13,15H2,1-2H3,(H,26,27,28). The third-order valence-corrected chi connectivity index (χ3v) is 5.94. The number of carbonyl (C=O) groups excluding carboxylic acids is 1. The molecule has 0 saturated heterocycles. The van der Waals surface area contributed by atoms with Crippen molar-refractivity contribution >= 4 is 38.3 Å². The minimum absolute atomic E-state index is 0.0789. The Kier molecular flexibility index (Phi) is 8.91. The predicted octanol–water partition coefficient (Wildman–Crippen LogP) is 6.72. The van der Waals surface area contributed by atoms with Crippen LogP contribution in [0, 0.1) is 0 Å². The molecule has 3 aromatic rings. The van der Waals surface area contributed by atoms with Crippen molar-refractivity contribution in [2.45, 2.75) is 39.5 Å². The van der Waals surface area contributed by atoms with Gasteiger partial charge in [-0.25, -0.2) is 4.98 Å². The van der Waals surface area contributed by atoms with Crippen LogP contribution in [0.3, 0.4) is 0 Å². The van der Waals surface area contributed by atoms with Crippen LogP contribution in [0.4, 0.5) is 5.13 Å². The van der Waals surface area contributed by atoms with Crippen LogP contribution in [0.15, 0.2) is 52.3 Å². The molecule has 0 bridgehead atoms. The maximum Gasteiger partial charge on any atom is 0.264 e. The molecule has 7 heteroatoms. The third-order valence-electron chi connectivity index (χ3n) is 4.56. The maximum absolute atomic E-state index is 12.3. The summed E-state index contributed by atoms with van der Waals surface area (Å²) in [7, 11) is 0. The molecular weight excluding hydrogens is 476 g/mol. The summed E-state index contributed by atoms with van der Waals surface area (Å²) < 4.78 is 12.2. The first-order chi connectivity index (χ1) is 15.1. The van der Waals surface area contributed by atoms with E-state index in [0.717, 1.165) is 53.8 Å². The number of anilines is 1. The van der Waals surface area contributed by atoms with Gasteiger partial charge in [0.15, 0.2) is 11.7 Å². The molecular formula is C24H27BrN2O3S. The molecule has 0 aliphatic rings. The number of amides is 1. The van der Waals surface area contributed by atoms with Crippen LogP contribution in [0.2, 0.25) is 0 Å². The van der Waals surface area contributed by atoms with Gasteiger partial charge in [-0.05, 0) is 70.7 Å². The molecule has 0 unspecified atom stereocenters. The van der Waals surface area contributed by atoms with E-state index < -0.39 is 0 Å². The fourth-order valence-corrected chi connectivity index (χ4v) is 4.20. The Balaban J connectivity index is 1.52. The minimum Gasteiger partial charge on any atom is -0.494 e. The number of aryl methyl sites for hydroxylation is 1. The lowest BCUT2D eigenvalue weighted by molar-refractivity contribution is -0.118. The van der Waals surface area contributed by atoms with Gasteiger partial charge in [0, 0.05) is 10.9 Å². The Bertz CT molecular complexity index is 989. The summed E-state index contributed by atoms with van der Waals surface area (Å²) in [6, 6.07) is 13.8. The third kappa shape index (κ3) is 7.08. The van der Waals surface area contributed by atoms with Crippen molar-refractivity contribution in [3.8, 4) is 22.8 Å². The Morgan fingerprint density at radius 1 is 1.10 bits per heavy atom. The van der Waals surface area contributed by atoms with Crippen LogP contribution in [-0.4, -0.2) is 24.1 Å². The van der Waals surface area contributed by atoms with E-state index in [1.54, 1.807) is 0 Å². The summed E-state index contributed by atoms with van der Waals surface area (Å²) in [6.07, 6.45) is 4.25. The molecule has 0 fully saturated rings. The molecule has 1 N–H and O–H groups in total. The van der Waals surface area contributed by atoms with Gasteiger partial charge in [0.05, 0.1) is 16.8 Å². The van der Waals surface area contributed by atoms with Crippen molar-refractivity contribution in [2.75, 3.05) is 18.5 Å². The minimum atomic E-state index is -0.245. The number of aromatic nitrogens is 1. The predicted molar refractivity (Wildman–Crippen MR) is 130 cm³/mol. The summed E-state index contributed by atoms with van der Waals surface area (Å²) in [4.78, 5) is 16.8. The monoisotopic (exact) mass is 502 g/mol. The number of carbonyl (C=O) groups is 1. The zero-order chi connectivity index (χ0) is 22.1. The van der Waals surface area contributed by atoms with Crippen molar-refractivity contribution in [2.24, 2.45) is 0 Å². The number of thiazole rings is 1. The van der Waals surface area contributed by atoms with Crippen molar-refractivity contribution < 1.29 is 14.3 Å². The molecule has 0 spiro atoms. The second kappa shape index (κ2) is 11.9. The van der Waals surface area contributed by atoms with Crippen LogP contribution in [0.5, 0.6) is 11.5 Å². The highest BCUT2D eigenvalue weighted by Crippen LogP contribution is 2.28. The van der Waals surface area contributed by atoms with Gasteiger partial charge in [0.2, 0.25) is 0 Å². The fourth-order valence-electron chi connectivity index (χ4n) is 2.92. The van der Waals surface area contributed by atoms with Gasteiger partial charge in [0.1, 0.15) is 11.5 Å². The number of nitrogens with one attached hydrogen (secondary N) is 1. The maximum atomic E-state index is 12.3. The summed E-state index contributed by atoms with van der Waals surface area (Å²) in [5, 5.41) is 5.27. The normalized spacial score (nSPS) is 10.7. The van der Waals surface area contributed by atoms with Gasteiger partial charge in [0.25, 0.3) is 5.91 Å². The zero-order valence-electron chi connectivity index (χ0n) is 17.8. The van der Waals surface area contributed by atoms with Gasteiger partial charge >= 0.3 is 0 Å². The van der Waals surface area contributed by atoms with E-state index in [1.165, 1.54) is 16.9 Å². The van der Waals surface area contributed by atoms with E-state index in [1.807, 2.05) is 47.8 Å². The molecule has 0 radical (unpaired) electrons. The average Bonchev–Trinajstić information content (AvgIpc) is 3.22. The quantitative estimate of drug-likeness (QED) is 0.295. The molecule has 1 aromatic heterocycles.